The van der Waals surface area contributed by atoms with Crippen LogP contribution in [0.2, 0.25) is 15.1 Å². The Kier molecular flexibility index (Phi) is 8.44. The minimum absolute atomic E-state index is 0.00174. The van der Waals surface area contributed by atoms with Crippen LogP contribution in [-0.4, -0.2) is 18.4 Å². The molecule has 0 aliphatic carbocycles. The summed E-state index contributed by atoms with van der Waals surface area (Å²) >= 11 is 18.2. The van der Waals surface area contributed by atoms with Crippen LogP contribution in [0.3, 0.4) is 0 Å². The van der Waals surface area contributed by atoms with Crippen LogP contribution < -0.4 is 10.6 Å². The Morgan fingerprint density at radius 2 is 1.77 bits per heavy atom. The molecule has 3 aromatic carbocycles. The molecular formula is C29H26Cl3F2N3O2. The smallest absolute Gasteiger partial charge is 0.413 e. The van der Waals surface area contributed by atoms with Crippen LogP contribution in [0.25, 0.3) is 0 Å². The van der Waals surface area contributed by atoms with Crippen molar-refractivity contribution in [2.24, 2.45) is 5.41 Å². The number of benzene rings is 3. The maximum Gasteiger partial charge on any atom is 0.413 e. The van der Waals surface area contributed by atoms with Crippen molar-refractivity contribution in [2.45, 2.75) is 50.8 Å². The number of amides is 1. The van der Waals surface area contributed by atoms with Gasteiger partial charge in [-0.15, -0.1) is 0 Å². The fourth-order valence-corrected chi connectivity index (χ4v) is 5.73. The quantitative estimate of drug-likeness (QED) is 0.312. The third-order valence-electron chi connectivity index (χ3n) is 6.71. The Hall–Kier alpha value is -2.89. The fraction of sp³-hybridized carbons (Fsp3) is 0.310. The van der Waals surface area contributed by atoms with Crippen LogP contribution >= 0.6 is 34.8 Å². The second-order valence-electron chi connectivity index (χ2n) is 10.7. The van der Waals surface area contributed by atoms with Crippen LogP contribution in [-0.2, 0) is 10.2 Å². The average Bonchev–Trinajstić information content (AvgIpc) is 3.12. The van der Waals surface area contributed by atoms with Gasteiger partial charge in [0, 0.05) is 27.3 Å². The molecule has 1 saturated heterocycles. The highest BCUT2D eigenvalue weighted by Gasteiger charge is 2.61. The van der Waals surface area contributed by atoms with E-state index in [0.717, 1.165) is 6.07 Å². The standard InChI is InChI=1S/C29H26Cl3F2N3O2/c1-28(2,3)14-23-29(15-35,20-11-10-17(31)13-22(20)33)24(19-8-5-9-21(32)25(19)34)26(37-23)39-27(38)36-18-7-4-6-16(30)12-18/h4-13,23-24,26,37H,14H2,1-3H3,(H,36,38)/t23-,24-,26+,29-/m0/s1. The topological polar surface area (TPSA) is 74.2 Å². The van der Waals surface area contributed by atoms with Gasteiger partial charge in [0.1, 0.15) is 17.0 Å². The van der Waals surface area contributed by atoms with Crippen molar-refractivity contribution in [3.8, 4) is 6.07 Å². The van der Waals surface area contributed by atoms with E-state index in [4.69, 9.17) is 39.5 Å². The minimum Gasteiger partial charge on any atom is -0.429 e. The van der Waals surface area contributed by atoms with Gasteiger partial charge in [-0.05, 0) is 53.8 Å². The molecule has 39 heavy (non-hydrogen) atoms. The van der Waals surface area contributed by atoms with E-state index in [2.05, 4.69) is 16.7 Å². The molecule has 4 rings (SSSR count). The second kappa shape index (κ2) is 11.3. The van der Waals surface area contributed by atoms with Crippen molar-refractivity contribution in [1.29, 1.82) is 5.26 Å². The SMILES string of the molecule is CC(C)(C)C[C@@H]1N[C@H](OC(=O)Nc2cccc(Cl)c2)[C@H](c2cccc(Cl)c2F)[C@@]1(C#N)c1ccc(Cl)cc1F. The van der Waals surface area contributed by atoms with Gasteiger partial charge in [0.15, 0.2) is 6.23 Å². The molecule has 0 spiro atoms. The third kappa shape index (κ3) is 6.00. The second-order valence-corrected chi connectivity index (χ2v) is 12.0. The van der Waals surface area contributed by atoms with Crippen LogP contribution in [0.1, 0.15) is 44.2 Å². The molecule has 0 unspecified atom stereocenters. The number of halogens is 5. The number of ether oxygens (including phenoxy) is 1. The summed E-state index contributed by atoms with van der Waals surface area (Å²) in [6.07, 6.45) is -1.75. The number of anilines is 1. The molecule has 1 aliphatic heterocycles. The van der Waals surface area contributed by atoms with E-state index in [1.165, 1.54) is 36.4 Å². The summed E-state index contributed by atoms with van der Waals surface area (Å²) in [6, 6.07) is 16.3. The molecule has 5 nitrogen and oxygen atoms in total. The van der Waals surface area contributed by atoms with E-state index < -0.39 is 41.3 Å². The summed E-state index contributed by atoms with van der Waals surface area (Å²) in [7, 11) is 0. The van der Waals surface area contributed by atoms with E-state index in [9.17, 15) is 10.1 Å². The monoisotopic (exact) mass is 591 g/mol. The van der Waals surface area contributed by atoms with Crippen LogP contribution in [0, 0.1) is 28.4 Å². The number of nitrogens with one attached hydrogen (secondary N) is 2. The average molecular weight is 593 g/mol. The summed E-state index contributed by atoms with van der Waals surface area (Å²) in [5, 5.41) is 17.0. The Bertz CT molecular complexity index is 1440. The van der Waals surface area contributed by atoms with Crippen LogP contribution in [0.4, 0.5) is 19.3 Å². The summed E-state index contributed by atoms with van der Waals surface area (Å²) in [4.78, 5) is 13.0. The summed E-state index contributed by atoms with van der Waals surface area (Å²) in [6.45, 7) is 5.89. The number of nitrogens with zero attached hydrogens (tertiary/aromatic N) is 1. The molecular weight excluding hydrogens is 567 g/mol. The maximum absolute atomic E-state index is 15.6. The Morgan fingerprint density at radius 3 is 2.41 bits per heavy atom. The molecule has 0 aromatic heterocycles. The number of carbonyl (C=O) groups excluding carboxylic acids is 1. The summed E-state index contributed by atoms with van der Waals surface area (Å²) in [5.74, 6) is -2.71. The Labute approximate surface area is 241 Å². The molecule has 1 aliphatic rings. The van der Waals surface area contributed by atoms with Crippen molar-refractivity contribution in [3.63, 3.8) is 0 Å². The molecule has 204 valence electrons. The van der Waals surface area contributed by atoms with Gasteiger partial charge in [0.25, 0.3) is 0 Å². The number of hydrogen-bond acceptors (Lipinski definition) is 4. The lowest BCUT2D eigenvalue weighted by atomic mass is 9.63. The Morgan fingerprint density at radius 1 is 1.08 bits per heavy atom. The zero-order valence-corrected chi connectivity index (χ0v) is 23.6. The van der Waals surface area contributed by atoms with Crippen LogP contribution in [0.5, 0.6) is 0 Å². The number of carbonyl (C=O) groups is 1. The van der Waals surface area contributed by atoms with E-state index in [0.29, 0.717) is 17.1 Å². The molecule has 4 atom stereocenters. The van der Waals surface area contributed by atoms with Gasteiger partial charge >= 0.3 is 6.09 Å². The maximum atomic E-state index is 15.6. The molecule has 1 fully saturated rings. The van der Waals surface area contributed by atoms with E-state index in [1.54, 1.807) is 18.2 Å². The number of rotatable bonds is 5. The number of hydrogen-bond donors (Lipinski definition) is 2. The molecule has 0 bridgehead atoms. The van der Waals surface area contributed by atoms with Crippen molar-refractivity contribution in [2.75, 3.05) is 5.32 Å². The Balaban J connectivity index is 1.88. The normalized spacial score (nSPS) is 22.8. The predicted molar refractivity (Wildman–Crippen MR) is 149 cm³/mol. The third-order valence-corrected chi connectivity index (χ3v) is 7.47. The summed E-state index contributed by atoms with van der Waals surface area (Å²) in [5.41, 5.74) is -1.69. The molecule has 10 heteroatoms. The van der Waals surface area contributed by atoms with Gasteiger partial charge in [-0.25, -0.2) is 13.6 Å². The van der Waals surface area contributed by atoms with Gasteiger partial charge in [-0.2, -0.15) is 5.26 Å². The fourth-order valence-electron chi connectivity index (χ4n) is 5.20. The highest BCUT2D eigenvalue weighted by Crippen LogP contribution is 2.53. The van der Waals surface area contributed by atoms with E-state index in [1.807, 2.05) is 20.8 Å². The zero-order chi connectivity index (χ0) is 28.5. The van der Waals surface area contributed by atoms with Crippen molar-refractivity contribution >= 4 is 46.6 Å². The first-order chi connectivity index (χ1) is 18.4. The largest absolute Gasteiger partial charge is 0.429 e. The molecule has 0 saturated carbocycles. The van der Waals surface area contributed by atoms with Gasteiger partial charge in [-0.3, -0.25) is 10.6 Å². The van der Waals surface area contributed by atoms with Gasteiger partial charge in [0.2, 0.25) is 0 Å². The lowest BCUT2D eigenvalue weighted by Gasteiger charge is -2.37. The lowest BCUT2D eigenvalue weighted by molar-refractivity contribution is 0.0851. The van der Waals surface area contributed by atoms with E-state index in [-0.39, 0.29) is 26.6 Å². The molecule has 3 aromatic rings. The van der Waals surface area contributed by atoms with Gasteiger partial charge in [0.05, 0.1) is 17.0 Å². The predicted octanol–water partition coefficient (Wildman–Crippen LogP) is 8.45. The first kappa shape index (κ1) is 29.1. The molecule has 0 radical (unpaired) electrons. The van der Waals surface area contributed by atoms with Crippen molar-refractivity contribution in [1.82, 2.24) is 5.32 Å². The minimum atomic E-state index is -1.71. The molecule has 1 amide bonds. The van der Waals surface area contributed by atoms with Crippen molar-refractivity contribution in [3.05, 3.63) is 98.5 Å². The molecule has 2 N–H and O–H groups in total. The van der Waals surface area contributed by atoms with Crippen molar-refractivity contribution < 1.29 is 18.3 Å². The first-order valence-corrected chi connectivity index (χ1v) is 13.3. The van der Waals surface area contributed by atoms with Gasteiger partial charge in [-0.1, -0.05) is 79.8 Å². The summed E-state index contributed by atoms with van der Waals surface area (Å²) < 4.78 is 37.0. The highest BCUT2D eigenvalue weighted by atomic mass is 35.5. The molecule has 1 heterocycles. The highest BCUT2D eigenvalue weighted by molar-refractivity contribution is 6.31. The van der Waals surface area contributed by atoms with Gasteiger partial charge < -0.3 is 4.74 Å². The van der Waals surface area contributed by atoms with Crippen LogP contribution in [0.15, 0.2) is 60.7 Å². The first-order valence-electron chi connectivity index (χ1n) is 12.2. The zero-order valence-electron chi connectivity index (χ0n) is 21.4. The van der Waals surface area contributed by atoms with E-state index >= 15 is 8.78 Å². The number of nitriles is 1. The lowest BCUT2D eigenvalue weighted by Crippen LogP contribution is -2.44.